The van der Waals surface area contributed by atoms with Crippen LogP contribution in [0.2, 0.25) is 10.0 Å². The van der Waals surface area contributed by atoms with E-state index in [9.17, 15) is 4.79 Å². The zero-order chi connectivity index (χ0) is 13.8. The smallest absolute Gasteiger partial charge is 0.253 e. The molecule has 3 N–H and O–H groups in total. The van der Waals surface area contributed by atoms with Gasteiger partial charge in [-0.15, -0.1) is 0 Å². The number of hydrogen-bond acceptors (Lipinski definition) is 2. The van der Waals surface area contributed by atoms with Gasteiger partial charge in [-0.1, -0.05) is 36.0 Å². The van der Waals surface area contributed by atoms with Gasteiger partial charge < -0.3 is 11.1 Å². The zero-order valence-electron chi connectivity index (χ0n) is 10.7. The Labute approximate surface area is 123 Å². The third-order valence-electron chi connectivity index (χ3n) is 3.71. The first-order valence-corrected chi connectivity index (χ1v) is 7.33. The Balaban J connectivity index is 2.08. The number of nitrogens with one attached hydrogen (secondary N) is 1. The molecular weight excluding hydrogens is 283 g/mol. The summed E-state index contributed by atoms with van der Waals surface area (Å²) < 4.78 is 0. The fourth-order valence-electron chi connectivity index (χ4n) is 2.65. The topological polar surface area (TPSA) is 55.1 Å². The molecule has 1 fully saturated rings. The summed E-state index contributed by atoms with van der Waals surface area (Å²) in [4.78, 5) is 12.2. The number of amides is 1. The summed E-state index contributed by atoms with van der Waals surface area (Å²) in [7, 11) is 0. The zero-order valence-corrected chi connectivity index (χ0v) is 12.2. The molecule has 0 heterocycles. The Kier molecular flexibility index (Phi) is 5.08. The van der Waals surface area contributed by atoms with E-state index in [0.29, 0.717) is 28.1 Å². The number of carbonyl (C=O) groups excluding carboxylic acids is 1. The minimum absolute atomic E-state index is 0.0186. The van der Waals surface area contributed by atoms with Crippen LogP contribution < -0.4 is 11.1 Å². The molecule has 0 aliphatic heterocycles. The van der Waals surface area contributed by atoms with E-state index in [-0.39, 0.29) is 11.9 Å². The molecule has 1 amide bonds. The average Bonchev–Trinajstić information content (AvgIpc) is 2.92. The molecule has 2 rings (SSSR count). The van der Waals surface area contributed by atoms with E-state index in [0.717, 1.165) is 12.8 Å². The fourth-order valence-corrected chi connectivity index (χ4v) is 3.02. The van der Waals surface area contributed by atoms with Crippen LogP contribution in [0.25, 0.3) is 0 Å². The lowest BCUT2D eigenvalue weighted by atomic mass is 9.98. The quantitative estimate of drug-likeness (QED) is 0.897. The number of benzene rings is 1. The second-order valence-electron chi connectivity index (χ2n) is 4.98. The van der Waals surface area contributed by atoms with Crippen LogP contribution in [0.5, 0.6) is 0 Å². The van der Waals surface area contributed by atoms with E-state index in [1.54, 1.807) is 18.2 Å². The van der Waals surface area contributed by atoms with E-state index in [1.807, 2.05) is 0 Å². The van der Waals surface area contributed by atoms with E-state index < -0.39 is 0 Å². The predicted molar refractivity (Wildman–Crippen MR) is 78.7 cm³/mol. The average molecular weight is 301 g/mol. The first kappa shape index (κ1) is 14.6. The highest BCUT2D eigenvalue weighted by molar-refractivity contribution is 6.35. The van der Waals surface area contributed by atoms with Crippen molar-refractivity contribution in [3.8, 4) is 0 Å². The van der Waals surface area contributed by atoms with Gasteiger partial charge in [-0.25, -0.2) is 0 Å². The lowest BCUT2D eigenvalue weighted by Crippen LogP contribution is -2.44. The summed E-state index contributed by atoms with van der Waals surface area (Å²) in [5, 5.41) is 3.89. The largest absolute Gasteiger partial charge is 0.348 e. The van der Waals surface area contributed by atoms with Crippen molar-refractivity contribution in [1.29, 1.82) is 0 Å². The molecule has 1 atom stereocenters. The highest BCUT2D eigenvalue weighted by Crippen LogP contribution is 2.28. The van der Waals surface area contributed by atoms with Crippen molar-refractivity contribution in [2.75, 3.05) is 6.54 Å². The second kappa shape index (κ2) is 6.60. The second-order valence-corrected chi connectivity index (χ2v) is 5.83. The molecule has 5 heteroatoms. The van der Waals surface area contributed by atoms with Crippen molar-refractivity contribution in [3.05, 3.63) is 33.8 Å². The normalized spacial score (nSPS) is 17.4. The number of rotatable bonds is 4. The molecule has 104 valence electrons. The first-order chi connectivity index (χ1) is 9.11. The van der Waals surface area contributed by atoms with Crippen LogP contribution in [0, 0.1) is 5.92 Å². The van der Waals surface area contributed by atoms with Gasteiger partial charge in [0.25, 0.3) is 5.91 Å². The molecule has 1 aromatic rings. The Morgan fingerprint density at radius 1 is 1.37 bits per heavy atom. The molecule has 1 aromatic carbocycles. The number of nitrogens with two attached hydrogens (primary N) is 1. The minimum Gasteiger partial charge on any atom is -0.348 e. The van der Waals surface area contributed by atoms with E-state index in [2.05, 4.69) is 5.32 Å². The van der Waals surface area contributed by atoms with E-state index in [1.165, 1.54) is 12.8 Å². The van der Waals surface area contributed by atoms with Gasteiger partial charge in [-0.3, -0.25) is 4.79 Å². The van der Waals surface area contributed by atoms with Gasteiger partial charge in [0.15, 0.2) is 0 Å². The Morgan fingerprint density at radius 3 is 2.68 bits per heavy atom. The summed E-state index contributed by atoms with van der Waals surface area (Å²) in [5.74, 6) is 0.279. The Bertz CT molecular complexity index is 459. The van der Waals surface area contributed by atoms with Gasteiger partial charge in [0.2, 0.25) is 0 Å². The van der Waals surface area contributed by atoms with Crippen molar-refractivity contribution < 1.29 is 4.79 Å². The van der Waals surface area contributed by atoms with Gasteiger partial charge in [-0.2, -0.15) is 0 Å². The standard InChI is InChI=1S/C14H18Cl2N2O/c15-10-5-6-12(16)11(7-10)14(19)18-13(8-17)9-3-1-2-4-9/h5-7,9,13H,1-4,8,17H2,(H,18,19). The van der Waals surface area contributed by atoms with Crippen molar-refractivity contribution in [3.63, 3.8) is 0 Å². The van der Waals surface area contributed by atoms with Gasteiger partial charge in [-0.05, 0) is 37.0 Å². The van der Waals surface area contributed by atoms with Gasteiger partial charge >= 0.3 is 0 Å². The summed E-state index contributed by atoms with van der Waals surface area (Å²) in [6, 6.07) is 4.90. The maximum Gasteiger partial charge on any atom is 0.253 e. The molecule has 0 saturated heterocycles. The first-order valence-electron chi connectivity index (χ1n) is 6.58. The van der Waals surface area contributed by atoms with Gasteiger partial charge in [0.1, 0.15) is 0 Å². The Morgan fingerprint density at radius 2 is 2.05 bits per heavy atom. The molecule has 3 nitrogen and oxygen atoms in total. The number of hydrogen-bond donors (Lipinski definition) is 2. The van der Waals surface area contributed by atoms with Crippen LogP contribution in [0.15, 0.2) is 18.2 Å². The van der Waals surface area contributed by atoms with Crippen molar-refractivity contribution in [2.45, 2.75) is 31.7 Å². The van der Waals surface area contributed by atoms with Crippen LogP contribution in [0.3, 0.4) is 0 Å². The summed E-state index contributed by atoms with van der Waals surface area (Å²) >= 11 is 11.9. The summed E-state index contributed by atoms with van der Waals surface area (Å²) in [6.45, 7) is 0.453. The van der Waals surface area contributed by atoms with Crippen LogP contribution in [-0.4, -0.2) is 18.5 Å². The Hall–Kier alpha value is -0.770. The van der Waals surface area contributed by atoms with Crippen LogP contribution in [0.1, 0.15) is 36.0 Å². The third-order valence-corrected chi connectivity index (χ3v) is 4.28. The van der Waals surface area contributed by atoms with Gasteiger partial charge in [0.05, 0.1) is 10.6 Å². The fraction of sp³-hybridized carbons (Fsp3) is 0.500. The molecular formula is C14H18Cl2N2O. The number of carbonyl (C=O) groups is 1. The minimum atomic E-state index is -0.199. The van der Waals surface area contributed by atoms with Crippen molar-refractivity contribution in [2.24, 2.45) is 11.7 Å². The molecule has 0 spiro atoms. The maximum atomic E-state index is 12.2. The molecule has 1 unspecified atom stereocenters. The lowest BCUT2D eigenvalue weighted by Gasteiger charge is -2.23. The van der Waals surface area contributed by atoms with Crippen LogP contribution in [-0.2, 0) is 0 Å². The SMILES string of the molecule is NCC(NC(=O)c1cc(Cl)ccc1Cl)C1CCCC1. The highest BCUT2D eigenvalue weighted by atomic mass is 35.5. The van der Waals surface area contributed by atoms with Crippen molar-refractivity contribution >= 4 is 29.1 Å². The highest BCUT2D eigenvalue weighted by Gasteiger charge is 2.26. The summed E-state index contributed by atoms with van der Waals surface area (Å²) in [5.41, 5.74) is 6.18. The molecule has 1 aliphatic rings. The third kappa shape index (κ3) is 3.62. The number of halogens is 2. The molecule has 0 radical (unpaired) electrons. The molecule has 0 aromatic heterocycles. The molecule has 0 bridgehead atoms. The van der Waals surface area contributed by atoms with E-state index >= 15 is 0 Å². The lowest BCUT2D eigenvalue weighted by molar-refractivity contribution is 0.0924. The monoisotopic (exact) mass is 300 g/mol. The van der Waals surface area contributed by atoms with Gasteiger partial charge in [0, 0.05) is 17.6 Å². The predicted octanol–water partition coefficient (Wildman–Crippen LogP) is 3.24. The summed E-state index contributed by atoms with van der Waals surface area (Å²) in [6.07, 6.45) is 4.70. The van der Waals surface area contributed by atoms with Crippen LogP contribution >= 0.6 is 23.2 Å². The van der Waals surface area contributed by atoms with Crippen molar-refractivity contribution in [1.82, 2.24) is 5.32 Å². The van der Waals surface area contributed by atoms with Crippen LogP contribution in [0.4, 0.5) is 0 Å². The van der Waals surface area contributed by atoms with E-state index in [4.69, 9.17) is 28.9 Å². The molecule has 19 heavy (non-hydrogen) atoms. The maximum absolute atomic E-state index is 12.2. The molecule has 1 aliphatic carbocycles. The molecule has 1 saturated carbocycles.